The molecule has 1 fully saturated rings. The van der Waals surface area contributed by atoms with Crippen molar-refractivity contribution in [2.24, 2.45) is 0 Å². The van der Waals surface area contributed by atoms with Gasteiger partial charge in [-0.1, -0.05) is 24.3 Å². The molecule has 1 saturated heterocycles. The summed E-state index contributed by atoms with van der Waals surface area (Å²) in [6, 6.07) is 8.63. The molecule has 5 nitrogen and oxygen atoms in total. The number of pyridine rings is 1. The smallest absolute Gasteiger partial charge is 0.340 e. The van der Waals surface area contributed by atoms with Gasteiger partial charge in [-0.2, -0.15) is 26.3 Å². The minimum absolute atomic E-state index is 0.121. The van der Waals surface area contributed by atoms with Gasteiger partial charge >= 0.3 is 18.0 Å². The summed E-state index contributed by atoms with van der Waals surface area (Å²) in [7, 11) is -4.52. The molecule has 0 N–H and O–H groups in total. The third-order valence-corrected chi connectivity index (χ3v) is 9.41. The second kappa shape index (κ2) is 10.1. The summed E-state index contributed by atoms with van der Waals surface area (Å²) in [5, 5.41) is 0. The van der Waals surface area contributed by atoms with Crippen molar-refractivity contribution in [2.75, 3.05) is 13.1 Å². The van der Waals surface area contributed by atoms with Crippen molar-refractivity contribution in [3.63, 3.8) is 0 Å². The molecule has 3 aromatic rings. The van der Waals surface area contributed by atoms with E-state index in [0.29, 0.717) is 17.7 Å². The maximum absolute atomic E-state index is 14.6. The Labute approximate surface area is 223 Å². The van der Waals surface area contributed by atoms with Gasteiger partial charge in [0, 0.05) is 31.0 Å². The van der Waals surface area contributed by atoms with Gasteiger partial charge < -0.3 is 4.90 Å². The minimum atomic E-state index is -6.35. The van der Waals surface area contributed by atoms with Crippen molar-refractivity contribution in [1.29, 1.82) is 0 Å². The average molecular weight is 593 g/mol. The van der Waals surface area contributed by atoms with E-state index in [1.165, 1.54) is 17.3 Å². The third-order valence-electron chi connectivity index (χ3n) is 6.92. The van der Waals surface area contributed by atoms with Crippen LogP contribution < -0.4 is 0 Å². The Bertz CT molecular complexity index is 1460. The number of carbonyl (C=O) groups excluding carboxylic acids is 1. The molecule has 4 rings (SSSR count). The van der Waals surface area contributed by atoms with Gasteiger partial charge in [0.15, 0.2) is 9.84 Å². The van der Waals surface area contributed by atoms with Crippen LogP contribution in [0, 0.1) is 5.82 Å². The Balaban J connectivity index is 1.79. The number of halogens is 8. The molecular weight excluding hydrogens is 572 g/mol. The maximum atomic E-state index is 14.6. The molecule has 0 spiro atoms. The number of likely N-dealkylation sites (tertiary alicyclic amines) is 1. The standard InChI is InChI=1S/C26H20F8N2O3S/c27-20-5-7-21(8-6-20)40(38,39)23(11-14-36(16-23)22(37)15-17-9-12-35-13-10-17)18-1-3-19(4-2-18)24(28,25(29,30)31)26(32,33)34/h1-10,12-13H,11,14-16H2/t23-/m0/s1. The largest absolute Gasteiger partial charge is 0.435 e. The molecule has 2 heterocycles. The lowest BCUT2D eigenvalue weighted by atomic mass is 9.90. The highest BCUT2D eigenvalue weighted by molar-refractivity contribution is 7.92. The van der Waals surface area contributed by atoms with E-state index >= 15 is 0 Å². The monoisotopic (exact) mass is 592 g/mol. The predicted molar refractivity (Wildman–Crippen MR) is 126 cm³/mol. The number of hydrogen-bond donors (Lipinski definition) is 0. The topological polar surface area (TPSA) is 67.3 Å². The van der Waals surface area contributed by atoms with E-state index in [4.69, 9.17) is 0 Å². The van der Waals surface area contributed by atoms with Crippen LogP contribution in [0.5, 0.6) is 0 Å². The van der Waals surface area contributed by atoms with E-state index in [1.54, 1.807) is 12.1 Å². The first kappa shape index (κ1) is 29.4. The fourth-order valence-corrected chi connectivity index (χ4v) is 6.80. The molecule has 0 radical (unpaired) electrons. The van der Waals surface area contributed by atoms with Crippen molar-refractivity contribution in [2.45, 2.75) is 40.5 Å². The normalized spacial score (nSPS) is 18.6. The van der Waals surface area contributed by atoms with Crippen LogP contribution in [0.1, 0.15) is 23.1 Å². The number of nitrogens with zero attached hydrogens (tertiary/aromatic N) is 2. The molecule has 214 valence electrons. The lowest BCUT2D eigenvalue weighted by Crippen LogP contribution is -2.50. The van der Waals surface area contributed by atoms with Gasteiger partial charge in [0.2, 0.25) is 5.91 Å². The molecular formula is C26H20F8N2O3S. The lowest BCUT2D eigenvalue weighted by molar-refractivity contribution is -0.348. The fourth-order valence-electron chi connectivity index (χ4n) is 4.72. The number of hydrogen-bond acceptors (Lipinski definition) is 4. The first-order chi connectivity index (χ1) is 18.5. The van der Waals surface area contributed by atoms with Gasteiger partial charge in [0.1, 0.15) is 10.6 Å². The van der Waals surface area contributed by atoms with Gasteiger partial charge in [0.25, 0.3) is 0 Å². The molecule has 1 atom stereocenters. The van der Waals surface area contributed by atoms with Gasteiger partial charge in [-0.25, -0.2) is 17.2 Å². The van der Waals surface area contributed by atoms with Gasteiger partial charge in [-0.05, 0) is 53.9 Å². The van der Waals surface area contributed by atoms with Crippen molar-refractivity contribution in [3.05, 3.63) is 95.6 Å². The van der Waals surface area contributed by atoms with Crippen LogP contribution in [-0.4, -0.2) is 49.7 Å². The number of aromatic nitrogens is 1. The quantitative estimate of drug-likeness (QED) is 0.274. The third kappa shape index (κ3) is 4.93. The number of carbonyl (C=O) groups is 1. The SMILES string of the molecule is O=C(Cc1ccncc1)N1CC[C@](c2ccc(C(F)(C(F)(F)F)C(F)(F)F)cc2)(S(=O)(=O)c2ccc(F)cc2)C1. The Morgan fingerprint density at radius 2 is 1.40 bits per heavy atom. The van der Waals surface area contributed by atoms with Crippen LogP contribution in [0.2, 0.25) is 0 Å². The minimum Gasteiger partial charge on any atom is -0.340 e. The highest BCUT2D eigenvalue weighted by Gasteiger charge is 2.73. The number of amides is 1. The molecule has 14 heteroatoms. The number of sulfone groups is 1. The van der Waals surface area contributed by atoms with E-state index in [-0.39, 0.29) is 42.0 Å². The van der Waals surface area contributed by atoms with E-state index in [2.05, 4.69) is 4.98 Å². The van der Waals surface area contributed by atoms with Crippen molar-refractivity contribution >= 4 is 15.7 Å². The van der Waals surface area contributed by atoms with Crippen LogP contribution in [0.4, 0.5) is 35.1 Å². The first-order valence-electron chi connectivity index (χ1n) is 11.6. The van der Waals surface area contributed by atoms with Crippen molar-refractivity contribution in [1.82, 2.24) is 9.88 Å². The summed E-state index contributed by atoms with van der Waals surface area (Å²) in [6.45, 7) is -0.625. The fraction of sp³-hybridized carbons (Fsp3) is 0.308. The average Bonchev–Trinajstić information content (AvgIpc) is 3.36. The summed E-state index contributed by atoms with van der Waals surface area (Å²) in [6.07, 6.45) is -10.2. The Hall–Kier alpha value is -3.55. The molecule has 1 amide bonds. The molecule has 0 unspecified atom stereocenters. The van der Waals surface area contributed by atoms with Crippen LogP contribution >= 0.6 is 0 Å². The molecule has 0 aliphatic carbocycles. The van der Waals surface area contributed by atoms with Crippen LogP contribution in [-0.2, 0) is 31.5 Å². The highest BCUT2D eigenvalue weighted by atomic mass is 32.2. The summed E-state index contributed by atoms with van der Waals surface area (Å²) in [5.41, 5.74) is -7.17. The zero-order chi connectivity index (χ0) is 29.6. The molecule has 0 saturated carbocycles. The molecule has 1 aromatic heterocycles. The van der Waals surface area contributed by atoms with Crippen LogP contribution in [0.3, 0.4) is 0 Å². The number of benzene rings is 2. The maximum Gasteiger partial charge on any atom is 0.435 e. The Kier molecular flexibility index (Phi) is 7.45. The van der Waals surface area contributed by atoms with E-state index < -0.39 is 56.4 Å². The second-order valence-corrected chi connectivity index (χ2v) is 11.5. The molecule has 0 bridgehead atoms. The highest BCUT2D eigenvalue weighted by Crippen LogP contribution is 2.53. The zero-order valence-corrected chi connectivity index (χ0v) is 21.1. The predicted octanol–water partition coefficient (Wildman–Crippen LogP) is 5.65. The van der Waals surface area contributed by atoms with Crippen LogP contribution in [0.25, 0.3) is 0 Å². The van der Waals surface area contributed by atoms with E-state index in [0.717, 1.165) is 24.3 Å². The van der Waals surface area contributed by atoms with Gasteiger partial charge in [0.05, 0.1) is 11.3 Å². The zero-order valence-electron chi connectivity index (χ0n) is 20.3. The van der Waals surface area contributed by atoms with Crippen molar-refractivity contribution in [3.8, 4) is 0 Å². The summed E-state index contributed by atoms with van der Waals surface area (Å²) in [4.78, 5) is 17.7. The number of rotatable bonds is 6. The lowest BCUT2D eigenvalue weighted by Gasteiger charge is -2.32. The van der Waals surface area contributed by atoms with Gasteiger partial charge in [-0.15, -0.1) is 0 Å². The number of alkyl halides is 7. The summed E-state index contributed by atoms with van der Waals surface area (Å²) >= 11 is 0. The molecule has 40 heavy (non-hydrogen) atoms. The van der Waals surface area contributed by atoms with Crippen molar-refractivity contribution < 1.29 is 48.3 Å². The molecule has 1 aliphatic heterocycles. The molecule has 2 aromatic carbocycles. The Morgan fingerprint density at radius 1 is 0.850 bits per heavy atom. The molecule has 1 aliphatic rings. The first-order valence-corrected chi connectivity index (χ1v) is 13.1. The summed E-state index contributed by atoms with van der Waals surface area (Å²) in [5.74, 6) is -1.24. The van der Waals surface area contributed by atoms with E-state index in [1.807, 2.05) is 0 Å². The second-order valence-electron chi connectivity index (χ2n) is 9.28. The van der Waals surface area contributed by atoms with E-state index in [9.17, 15) is 48.3 Å². The van der Waals surface area contributed by atoms with Gasteiger partial charge in [-0.3, -0.25) is 9.78 Å². The van der Waals surface area contributed by atoms with Crippen LogP contribution in [0.15, 0.2) is 78.0 Å². The summed E-state index contributed by atoms with van der Waals surface area (Å²) < 4.78 is 133. The Morgan fingerprint density at radius 3 is 1.93 bits per heavy atom.